The van der Waals surface area contributed by atoms with Crippen LogP contribution in [0.15, 0.2) is 23.1 Å². The molecule has 2 rings (SSSR count). The van der Waals surface area contributed by atoms with E-state index in [4.69, 9.17) is 5.26 Å². The van der Waals surface area contributed by atoms with Crippen molar-refractivity contribution < 1.29 is 0 Å². The largest absolute Gasteiger partial charge is 0.369 e. The molecule has 2 unspecified atom stereocenters. The number of nitrogens with zero attached hydrogens (tertiary/aromatic N) is 2. The number of anilines is 1. The molecule has 1 aromatic carbocycles. The van der Waals surface area contributed by atoms with Crippen LogP contribution >= 0.6 is 11.8 Å². The van der Waals surface area contributed by atoms with Crippen LogP contribution in [0.3, 0.4) is 0 Å². The quantitative estimate of drug-likeness (QED) is 0.744. The summed E-state index contributed by atoms with van der Waals surface area (Å²) in [5.74, 6) is 0. The first-order valence-electron chi connectivity index (χ1n) is 5.59. The summed E-state index contributed by atoms with van der Waals surface area (Å²) in [4.78, 5) is 3.45. The predicted octanol–water partition coefficient (Wildman–Crippen LogP) is 3.07. The fraction of sp³-hybridized carbons (Fsp3) is 0.462. The van der Waals surface area contributed by atoms with E-state index < -0.39 is 0 Å². The van der Waals surface area contributed by atoms with E-state index in [-0.39, 0.29) is 11.3 Å². The number of benzene rings is 1. The zero-order valence-electron chi connectivity index (χ0n) is 9.90. The van der Waals surface area contributed by atoms with Gasteiger partial charge in [-0.1, -0.05) is 13.0 Å². The van der Waals surface area contributed by atoms with Gasteiger partial charge in [-0.2, -0.15) is 5.26 Å². The second-order valence-corrected chi connectivity index (χ2v) is 5.36. The van der Waals surface area contributed by atoms with Gasteiger partial charge in [0.2, 0.25) is 0 Å². The van der Waals surface area contributed by atoms with Crippen LogP contribution in [-0.4, -0.2) is 18.3 Å². The summed E-state index contributed by atoms with van der Waals surface area (Å²) < 4.78 is 0. The smallest absolute Gasteiger partial charge is 0.116 e. The fourth-order valence-corrected chi connectivity index (χ4v) is 3.21. The average molecular weight is 232 g/mol. The van der Waals surface area contributed by atoms with Gasteiger partial charge in [-0.25, -0.2) is 0 Å². The lowest BCUT2D eigenvalue weighted by atomic mass is 10.1. The maximum atomic E-state index is 9.13. The molecule has 16 heavy (non-hydrogen) atoms. The number of hydrogen-bond acceptors (Lipinski definition) is 3. The van der Waals surface area contributed by atoms with E-state index in [9.17, 15) is 0 Å². The van der Waals surface area contributed by atoms with Gasteiger partial charge in [-0.05, 0) is 31.0 Å². The van der Waals surface area contributed by atoms with Crippen LogP contribution in [0.4, 0.5) is 5.69 Å². The molecule has 0 saturated heterocycles. The summed E-state index contributed by atoms with van der Waals surface area (Å²) in [6, 6.07) is 9.22. The van der Waals surface area contributed by atoms with Crippen LogP contribution in [0.1, 0.15) is 19.4 Å². The van der Waals surface area contributed by atoms with E-state index in [1.165, 1.54) is 16.1 Å². The molecular formula is C13H16N2S. The number of fused-ring (bicyclic) bond motifs is 1. The van der Waals surface area contributed by atoms with Gasteiger partial charge in [0.05, 0.1) is 17.8 Å². The van der Waals surface area contributed by atoms with Crippen molar-refractivity contribution in [3.05, 3.63) is 23.8 Å². The highest BCUT2D eigenvalue weighted by Gasteiger charge is 2.29. The molecule has 1 heterocycles. The van der Waals surface area contributed by atoms with E-state index in [1.54, 1.807) is 11.8 Å². The molecule has 2 atom stereocenters. The summed E-state index contributed by atoms with van der Waals surface area (Å²) >= 11 is 1.70. The van der Waals surface area contributed by atoms with Crippen LogP contribution < -0.4 is 4.90 Å². The van der Waals surface area contributed by atoms with Gasteiger partial charge in [0.1, 0.15) is 5.25 Å². The molecule has 0 fully saturated rings. The number of hydrogen-bond donors (Lipinski definition) is 0. The van der Waals surface area contributed by atoms with Gasteiger partial charge in [0.25, 0.3) is 0 Å². The van der Waals surface area contributed by atoms with E-state index in [1.807, 2.05) is 0 Å². The van der Waals surface area contributed by atoms with Gasteiger partial charge in [-0.15, -0.1) is 11.8 Å². The summed E-state index contributed by atoms with van der Waals surface area (Å²) in [6.07, 6.45) is 1.05. The maximum Gasteiger partial charge on any atom is 0.116 e. The van der Waals surface area contributed by atoms with Crippen molar-refractivity contribution in [3.63, 3.8) is 0 Å². The first-order valence-corrected chi connectivity index (χ1v) is 6.47. The molecular weight excluding hydrogens is 216 g/mol. The van der Waals surface area contributed by atoms with E-state index in [0.717, 1.165) is 6.42 Å². The molecule has 2 nitrogen and oxygen atoms in total. The topological polar surface area (TPSA) is 27.0 Å². The van der Waals surface area contributed by atoms with Crippen molar-refractivity contribution in [1.29, 1.82) is 5.26 Å². The minimum Gasteiger partial charge on any atom is -0.369 e. The van der Waals surface area contributed by atoms with Crippen LogP contribution in [0.5, 0.6) is 0 Å². The van der Waals surface area contributed by atoms with Crippen molar-refractivity contribution in [2.75, 3.05) is 11.9 Å². The molecule has 0 spiro atoms. The predicted molar refractivity (Wildman–Crippen MR) is 68.9 cm³/mol. The maximum absolute atomic E-state index is 9.13. The monoisotopic (exact) mass is 232 g/mol. The Bertz CT molecular complexity index is 436. The molecule has 84 valence electrons. The molecule has 1 aliphatic rings. The first kappa shape index (κ1) is 11.3. The Morgan fingerprint density at radius 3 is 2.88 bits per heavy atom. The van der Waals surface area contributed by atoms with Gasteiger partial charge < -0.3 is 4.90 Å². The number of rotatable bonds is 1. The summed E-state index contributed by atoms with van der Waals surface area (Å²) in [5, 5.41) is 9.17. The molecule has 1 aliphatic heterocycles. The lowest BCUT2D eigenvalue weighted by Gasteiger charge is -2.36. The molecule has 0 aliphatic carbocycles. The minimum absolute atomic E-state index is 0.0320. The highest BCUT2D eigenvalue weighted by Crippen LogP contribution is 2.41. The van der Waals surface area contributed by atoms with Crippen molar-refractivity contribution in [3.8, 4) is 6.07 Å². The molecule has 1 aromatic rings. The number of aryl methyl sites for hydroxylation is 1. The zero-order chi connectivity index (χ0) is 11.7. The van der Waals surface area contributed by atoms with Crippen molar-refractivity contribution in [2.24, 2.45) is 0 Å². The summed E-state index contributed by atoms with van der Waals surface area (Å²) in [7, 11) is 2.07. The van der Waals surface area contributed by atoms with Crippen molar-refractivity contribution in [1.82, 2.24) is 0 Å². The molecule has 0 N–H and O–H groups in total. The molecule has 3 heteroatoms. The van der Waals surface area contributed by atoms with E-state index >= 15 is 0 Å². The first-order chi connectivity index (χ1) is 7.67. The summed E-state index contributed by atoms with van der Waals surface area (Å²) in [6.45, 7) is 4.26. The van der Waals surface area contributed by atoms with Gasteiger partial charge in [0.15, 0.2) is 0 Å². The normalized spacial score (nSPS) is 23.8. The Kier molecular flexibility index (Phi) is 3.11. The number of nitriles is 1. The van der Waals surface area contributed by atoms with E-state index in [2.05, 4.69) is 50.1 Å². The SMILES string of the molecule is CCc1ccc2c(c1)SC(C#N)C(C)N2C. The Hall–Kier alpha value is -1.14. The Morgan fingerprint density at radius 2 is 2.25 bits per heavy atom. The Balaban J connectivity index is 2.43. The van der Waals surface area contributed by atoms with Crippen LogP contribution in [0.25, 0.3) is 0 Å². The van der Waals surface area contributed by atoms with Gasteiger partial charge >= 0.3 is 0 Å². The lowest BCUT2D eigenvalue weighted by Crippen LogP contribution is -2.39. The highest BCUT2D eigenvalue weighted by molar-refractivity contribution is 8.00. The molecule has 0 amide bonds. The average Bonchev–Trinajstić information content (AvgIpc) is 2.33. The third-order valence-corrected chi connectivity index (χ3v) is 4.58. The molecule has 0 saturated carbocycles. The van der Waals surface area contributed by atoms with Crippen LogP contribution in [0, 0.1) is 11.3 Å². The Morgan fingerprint density at radius 1 is 1.50 bits per heavy atom. The van der Waals surface area contributed by atoms with Crippen LogP contribution in [-0.2, 0) is 6.42 Å². The van der Waals surface area contributed by atoms with Gasteiger partial charge in [-0.3, -0.25) is 0 Å². The second-order valence-electron chi connectivity index (χ2n) is 4.17. The fourth-order valence-electron chi connectivity index (χ4n) is 1.96. The van der Waals surface area contributed by atoms with Crippen molar-refractivity contribution in [2.45, 2.75) is 36.5 Å². The zero-order valence-corrected chi connectivity index (χ0v) is 10.7. The summed E-state index contributed by atoms with van der Waals surface area (Å²) in [5.41, 5.74) is 2.59. The molecule has 0 aromatic heterocycles. The molecule has 0 radical (unpaired) electrons. The second kappa shape index (κ2) is 4.39. The van der Waals surface area contributed by atoms with Crippen LogP contribution in [0.2, 0.25) is 0 Å². The number of thioether (sulfide) groups is 1. The standard InChI is InChI=1S/C13H16N2S/c1-4-10-5-6-11-12(7-10)16-13(8-14)9(2)15(11)3/h5-7,9,13H,4H2,1-3H3. The van der Waals surface area contributed by atoms with Gasteiger partial charge in [0, 0.05) is 11.9 Å². The third kappa shape index (κ3) is 1.78. The minimum atomic E-state index is 0.0320. The van der Waals surface area contributed by atoms with E-state index in [0.29, 0.717) is 0 Å². The lowest BCUT2D eigenvalue weighted by molar-refractivity contribution is 0.697. The third-order valence-electron chi connectivity index (χ3n) is 3.24. The van der Waals surface area contributed by atoms with Crippen molar-refractivity contribution >= 4 is 17.4 Å². The molecule has 0 bridgehead atoms. The Labute approximate surface area is 101 Å². The highest BCUT2D eigenvalue weighted by atomic mass is 32.2.